The zero-order chi connectivity index (χ0) is 19.5. The van der Waals surface area contributed by atoms with Crippen LogP contribution in [0.1, 0.15) is 65.4 Å². The second kappa shape index (κ2) is 18.6. The molecule has 0 unspecified atom stereocenters. The van der Waals surface area contributed by atoms with E-state index in [0.29, 0.717) is 0 Å². The van der Waals surface area contributed by atoms with E-state index < -0.39 is 0 Å². The summed E-state index contributed by atoms with van der Waals surface area (Å²) in [6.07, 6.45) is 8.39. The van der Waals surface area contributed by atoms with Crippen LogP contribution in [0.25, 0.3) is 0 Å². The van der Waals surface area contributed by atoms with Crippen molar-refractivity contribution in [3.05, 3.63) is 42.5 Å². The van der Waals surface area contributed by atoms with Gasteiger partial charge in [-0.05, 0) is 50.2 Å². The molecule has 0 aliphatic heterocycles. The topological polar surface area (TPSA) is 46.5 Å². The van der Waals surface area contributed by atoms with Gasteiger partial charge in [-0.2, -0.15) is 0 Å². The van der Waals surface area contributed by atoms with Crippen molar-refractivity contribution in [3.63, 3.8) is 0 Å². The number of hydrogen-bond acceptors (Lipinski definition) is 2. The minimum Gasteiger partial charge on any atom is -0.493 e. The zero-order valence-corrected chi connectivity index (χ0v) is 16.8. The molecule has 1 aliphatic rings. The first kappa shape index (κ1) is 25.5. The number of ether oxygens (including phenoxy) is 1. The summed E-state index contributed by atoms with van der Waals surface area (Å²) in [5.41, 5.74) is 1.29. The van der Waals surface area contributed by atoms with Gasteiger partial charge in [0.2, 0.25) is 0 Å². The molecule has 0 bridgehead atoms. The predicted octanol–water partition coefficient (Wildman–Crippen LogP) is 6.51. The summed E-state index contributed by atoms with van der Waals surface area (Å²) in [6, 6.07) is 8.36. The fourth-order valence-electron chi connectivity index (χ4n) is 2.34. The van der Waals surface area contributed by atoms with Gasteiger partial charge in [0.05, 0.1) is 6.61 Å². The number of benzene rings is 1. The van der Waals surface area contributed by atoms with Crippen molar-refractivity contribution >= 4 is 6.47 Å². The summed E-state index contributed by atoms with van der Waals surface area (Å²) >= 11 is 0. The van der Waals surface area contributed by atoms with Crippen LogP contribution in [0.3, 0.4) is 0 Å². The molecule has 0 heterocycles. The van der Waals surface area contributed by atoms with Gasteiger partial charge in [-0.25, -0.2) is 0 Å². The Kier molecular flexibility index (Phi) is 18.9. The zero-order valence-electron chi connectivity index (χ0n) is 16.8. The Morgan fingerprint density at radius 3 is 2.00 bits per heavy atom. The first-order chi connectivity index (χ1) is 12.1. The molecule has 1 aliphatic carbocycles. The Hall–Kier alpha value is -1.77. The average molecular weight is 351 g/mol. The van der Waals surface area contributed by atoms with Crippen LogP contribution in [-0.4, -0.2) is 18.2 Å². The lowest BCUT2D eigenvalue weighted by Gasteiger charge is -2.26. The monoisotopic (exact) mass is 350 g/mol. The highest BCUT2D eigenvalue weighted by atomic mass is 16.5. The van der Waals surface area contributed by atoms with Crippen LogP contribution < -0.4 is 4.74 Å². The van der Waals surface area contributed by atoms with Gasteiger partial charge in [0.15, 0.2) is 0 Å². The van der Waals surface area contributed by atoms with E-state index >= 15 is 0 Å². The minimum absolute atomic E-state index is 0.250. The van der Waals surface area contributed by atoms with Crippen molar-refractivity contribution in [2.75, 3.05) is 6.61 Å². The summed E-state index contributed by atoms with van der Waals surface area (Å²) in [4.78, 5) is 8.36. The number of rotatable bonds is 4. The first-order valence-corrected chi connectivity index (χ1v) is 9.45. The maximum Gasteiger partial charge on any atom is 0.290 e. The second-order valence-corrected chi connectivity index (χ2v) is 6.05. The predicted molar refractivity (Wildman–Crippen MR) is 108 cm³/mol. The molecular formula is C22H38O3. The van der Waals surface area contributed by atoms with Gasteiger partial charge >= 0.3 is 0 Å². The lowest BCUT2D eigenvalue weighted by molar-refractivity contribution is -0.122. The molecule has 25 heavy (non-hydrogen) atoms. The molecule has 144 valence electrons. The molecular weight excluding hydrogens is 312 g/mol. The van der Waals surface area contributed by atoms with E-state index in [1.165, 1.54) is 31.2 Å². The molecule has 0 amide bonds. The summed E-state index contributed by atoms with van der Waals surface area (Å²) in [6.45, 7) is 14.7. The Labute approximate surface area is 155 Å². The molecule has 0 saturated heterocycles. The van der Waals surface area contributed by atoms with Crippen LogP contribution in [0.2, 0.25) is 0 Å². The highest BCUT2D eigenvalue weighted by Gasteiger charge is 2.18. The molecule has 3 heteroatoms. The lowest BCUT2D eigenvalue weighted by Crippen LogP contribution is -2.18. The fraction of sp³-hybridized carbons (Fsp3) is 0.591. The van der Waals surface area contributed by atoms with Crippen LogP contribution >= 0.6 is 0 Å². The second-order valence-electron chi connectivity index (χ2n) is 6.05. The lowest BCUT2D eigenvalue weighted by atomic mass is 9.83. The van der Waals surface area contributed by atoms with Gasteiger partial charge in [-0.15, -0.1) is 6.58 Å². The van der Waals surface area contributed by atoms with Crippen molar-refractivity contribution in [1.82, 2.24) is 0 Å². The number of hydrogen-bond donors (Lipinski definition) is 1. The van der Waals surface area contributed by atoms with E-state index in [9.17, 15) is 0 Å². The van der Waals surface area contributed by atoms with E-state index in [0.717, 1.165) is 30.6 Å². The van der Waals surface area contributed by atoms with E-state index in [1.807, 2.05) is 19.9 Å². The molecule has 1 saturated carbocycles. The highest BCUT2D eigenvalue weighted by molar-refractivity contribution is 5.32. The van der Waals surface area contributed by atoms with Crippen LogP contribution in [0.15, 0.2) is 36.9 Å². The number of aryl methyl sites for hydroxylation is 1. The number of carbonyl (C=O) groups is 1. The van der Waals surface area contributed by atoms with Crippen LogP contribution in [0.4, 0.5) is 0 Å². The summed E-state index contributed by atoms with van der Waals surface area (Å²) in [5, 5.41) is 6.89. The summed E-state index contributed by atoms with van der Waals surface area (Å²) < 4.78 is 5.84. The molecule has 1 aromatic carbocycles. The maximum atomic E-state index is 8.36. The van der Waals surface area contributed by atoms with Crippen molar-refractivity contribution in [2.45, 2.75) is 66.7 Å². The fourth-order valence-corrected chi connectivity index (χ4v) is 2.34. The molecule has 1 aromatic rings. The van der Waals surface area contributed by atoms with Crippen molar-refractivity contribution in [3.8, 4) is 5.75 Å². The Morgan fingerprint density at radius 1 is 1.16 bits per heavy atom. The molecule has 2 rings (SSSR count). The van der Waals surface area contributed by atoms with E-state index in [1.54, 1.807) is 0 Å². The molecule has 0 spiro atoms. The van der Waals surface area contributed by atoms with Gasteiger partial charge < -0.3 is 9.84 Å². The quantitative estimate of drug-likeness (QED) is 0.497. The van der Waals surface area contributed by atoms with E-state index in [-0.39, 0.29) is 6.47 Å². The molecule has 0 atom stereocenters. The van der Waals surface area contributed by atoms with Crippen LogP contribution in [0.5, 0.6) is 5.75 Å². The van der Waals surface area contributed by atoms with Gasteiger partial charge in [-0.3, -0.25) is 4.79 Å². The third kappa shape index (κ3) is 15.5. The highest BCUT2D eigenvalue weighted by Crippen LogP contribution is 2.28. The number of allylic oxidation sites excluding steroid dienone is 1. The SMILES string of the molecule is C=CCC.CC.Cc1ccc(OCC2CCC(C)CC2)cc1.O=CO. The maximum absolute atomic E-state index is 8.36. The standard InChI is InChI=1S/C15H22O.C4H8.C2H6.CH2O2/c1-12-3-7-14(8-4-12)11-16-15-9-5-13(2)6-10-15;1-3-4-2;1-2;2-1-3/h5-6,9-10,12,14H,3-4,7-8,11H2,1-2H3;3H,1,4H2,2H3;1-2H3;1H,(H,2,3). The Morgan fingerprint density at radius 2 is 1.60 bits per heavy atom. The van der Waals surface area contributed by atoms with Gasteiger partial charge in [-0.1, -0.05) is 64.3 Å². The largest absolute Gasteiger partial charge is 0.493 e. The molecule has 3 nitrogen and oxygen atoms in total. The van der Waals surface area contributed by atoms with E-state index in [4.69, 9.17) is 14.6 Å². The normalized spacial score (nSPS) is 18.0. The van der Waals surface area contributed by atoms with Gasteiger partial charge in [0.1, 0.15) is 5.75 Å². The van der Waals surface area contributed by atoms with Crippen molar-refractivity contribution in [2.24, 2.45) is 11.8 Å². The third-order valence-corrected chi connectivity index (χ3v) is 3.93. The van der Waals surface area contributed by atoms with Crippen LogP contribution in [0, 0.1) is 18.8 Å². The smallest absolute Gasteiger partial charge is 0.290 e. The Bertz CT molecular complexity index is 404. The number of carboxylic acid groups (broad SMARTS) is 1. The van der Waals surface area contributed by atoms with Gasteiger partial charge in [0.25, 0.3) is 6.47 Å². The van der Waals surface area contributed by atoms with Crippen LogP contribution in [-0.2, 0) is 4.79 Å². The Balaban J connectivity index is 0. The van der Waals surface area contributed by atoms with E-state index in [2.05, 4.69) is 51.6 Å². The summed E-state index contributed by atoms with van der Waals surface area (Å²) in [7, 11) is 0. The average Bonchev–Trinajstić information content (AvgIpc) is 2.65. The summed E-state index contributed by atoms with van der Waals surface area (Å²) in [5.74, 6) is 2.72. The van der Waals surface area contributed by atoms with Gasteiger partial charge in [0, 0.05) is 0 Å². The van der Waals surface area contributed by atoms with Crippen molar-refractivity contribution < 1.29 is 14.6 Å². The molecule has 1 N–H and O–H groups in total. The third-order valence-electron chi connectivity index (χ3n) is 3.93. The molecule has 0 aromatic heterocycles. The first-order valence-electron chi connectivity index (χ1n) is 9.45. The molecule has 0 radical (unpaired) electrons. The van der Waals surface area contributed by atoms with Crippen molar-refractivity contribution in [1.29, 1.82) is 0 Å². The molecule has 1 fully saturated rings. The minimum atomic E-state index is -0.250.